The van der Waals surface area contributed by atoms with E-state index < -0.39 is 0 Å². The number of amides is 2. The van der Waals surface area contributed by atoms with Crippen molar-refractivity contribution in [2.45, 2.75) is 6.92 Å². The van der Waals surface area contributed by atoms with Gasteiger partial charge in [0, 0.05) is 10.9 Å². The zero-order valence-electron chi connectivity index (χ0n) is 12.7. The maximum Gasteiger partial charge on any atom is 0.324 e. The van der Waals surface area contributed by atoms with E-state index in [1.165, 1.54) is 0 Å². The number of carbonyl (C=O) groups is 1. The Bertz CT molecular complexity index is 867. The number of urea groups is 1. The fourth-order valence-electron chi connectivity index (χ4n) is 2.37. The molecule has 3 nitrogen and oxygen atoms in total. The van der Waals surface area contributed by atoms with Gasteiger partial charge in [-0.1, -0.05) is 78.4 Å². The Balaban J connectivity index is 1.74. The van der Waals surface area contributed by atoms with E-state index in [1.54, 1.807) is 0 Å². The summed E-state index contributed by atoms with van der Waals surface area (Å²) in [5, 5.41) is 7.64. The van der Waals surface area contributed by atoms with Gasteiger partial charge in [0.2, 0.25) is 0 Å². The van der Waals surface area contributed by atoms with Gasteiger partial charge in [-0.05, 0) is 18.4 Å². The average molecular weight is 320 g/mol. The summed E-state index contributed by atoms with van der Waals surface area (Å²) in [6.07, 6.45) is 0. The van der Waals surface area contributed by atoms with E-state index in [2.05, 4.69) is 10.6 Å². The first-order valence-electron chi connectivity index (χ1n) is 7.30. The lowest BCUT2D eigenvalue weighted by atomic mass is 10.1. The molecule has 0 bridgehead atoms. The molecule has 0 aliphatic carbocycles. The van der Waals surface area contributed by atoms with Crippen LogP contribution in [-0.4, -0.2) is 11.0 Å². The van der Waals surface area contributed by atoms with Crippen LogP contribution in [0.2, 0.25) is 0 Å². The van der Waals surface area contributed by atoms with Crippen LogP contribution >= 0.6 is 12.2 Å². The summed E-state index contributed by atoms with van der Waals surface area (Å²) in [6.45, 7) is 2.01. The summed E-state index contributed by atoms with van der Waals surface area (Å²) < 4.78 is 0. The van der Waals surface area contributed by atoms with Gasteiger partial charge in [0.25, 0.3) is 0 Å². The summed E-state index contributed by atoms with van der Waals surface area (Å²) >= 11 is 5.28. The van der Waals surface area contributed by atoms with Gasteiger partial charge in [-0.15, -0.1) is 0 Å². The van der Waals surface area contributed by atoms with Gasteiger partial charge >= 0.3 is 6.03 Å². The molecule has 23 heavy (non-hydrogen) atoms. The Morgan fingerprint density at radius 3 is 2.39 bits per heavy atom. The maximum absolute atomic E-state index is 12.2. The largest absolute Gasteiger partial charge is 0.324 e. The standard InChI is InChI=1S/C19H16N2OS/c1-13-9-11-15(12-10-13)18(23)21-19(22)20-17-8-4-6-14-5-2-3-7-16(14)17/h2-12H,1H3,(H2,20,21,22,23). The second-order valence-corrected chi connectivity index (χ2v) is 5.71. The number of nitrogens with one attached hydrogen (secondary N) is 2. The van der Waals surface area contributed by atoms with Crippen LogP contribution in [0.4, 0.5) is 10.5 Å². The molecule has 0 heterocycles. The van der Waals surface area contributed by atoms with Crippen molar-refractivity contribution in [3.63, 3.8) is 0 Å². The maximum atomic E-state index is 12.2. The molecule has 0 aliphatic rings. The Morgan fingerprint density at radius 2 is 1.61 bits per heavy atom. The Hall–Kier alpha value is -2.72. The van der Waals surface area contributed by atoms with Crippen molar-refractivity contribution in [2.75, 3.05) is 5.32 Å². The molecule has 0 saturated carbocycles. The van der Waals surface area contributed by atoms with Crippen LogP contribution in [0.15, 0.2) is 66.7 Å². The zero-order chi connectivity index (χ0) is 16.2. The molecule has 0 spiro atoms. The molecule has 3 rings (SSSR count). The van der Waals surface area contributed by atoms with Crippen LogP contribution in [-0.2, 0) is 0 Å². The van der Waals surface area contributed by atoms with Crippen LogP contribution in [0.25, 0.3) is 10.8 Å². The van der Waals surface area contributed by atoms with Gasteiger partial charge in [-0.3, -0.25) is 5.32 Å². The van der Waals surface area contributed by atoms with Crippen molar-refractivity contribution in [1.29, 1.82) is 0 Å². The van der Waals surface area contributed by atoms with Crippen LogP contribution < -0.4 is 10.6 Å². The van der Waals surface area contributed by atoms with Crippen molar-refractivity contribution < 1.29 is 4.79 Å². The molecule has 3 aromatic rings. The summed E-state index contributed by atoms with van der Waals surface area (Å²) in [6, 6.07) is 21.1. The summed E-state index contributed by atoms with van der Waals surface area (Å²) in [7, 11) is 0. The normalized spacial score (nSPS) is 10.3. The Morgan fingerprint density at radius 1 is 0.913 bits per heavy atom. The van der Waals surface area contributed by atoms with Crippen molar-refractivity contribution in [2.24, 2.45) is 0 Å². The van der Waals surface area contributed by atoms with Gasteiger partial charge in [0.1, 0.15) is 4.99 Å². The van der Waals surface area contributed by atoms with E-state index >= 15 is 0 Å². The molecule has 3 aromatic carbocycles. The fraction of sp³-hybridized carbons (Fsp3) is 0.0526. The van der Waals surface area contributed by atoms with Crippen LogP contribution in [0.1, 0.15) is 11.1 Å². The number of aryl methyl sites for hydroxylation is 1. The smallest absolute Gasteiger partial charge is 0.307 e. The molecule has 2 amide bonds. The molecule has 4 heteroatoms. The predicted molar refractivity (Wildman–Crippen MR) is 99.0 cm³/mol. The minimum Gasteiger partial charge on any atom is -0.307 e. The van der Waals surface area contributed by atoms with E-state index in [0.717, 1.165) is 27.6 Å². The van der Waals surface area contributed by atoms with Gasteiger partial charge in [0.15, 0.2) is 0 Å². The highest BCUT2D eigenvalue weighted by atomic mass is 32.1. The first kappa shape index (κ1) is 15.2. The van der Waals surface area contributed by atoms with Gasteiger partial charge in [0.05, 0.1) is 5.69 Å². The molecule has 0 aromatic heterocycles. The lowest BCUT2D eigenvalue weighted by Gasteiger charge is -2.11. The Labute approximate surface area is 140 Å². The first-order valence-corrected chi connectivity index (χ1v) is 7.71. The van der Waals surface area contributed by atoms with Gasteiger partial charge in [-0.2, -0.15) is 0 Å². The van der Waals surface area contributed by atoms with Crippen LogP contribution in [0.3, 0.4) is 0 Å². The molecular weight excluding hydrogens is 304 g/mol. The summed E-state index contributed by atoms with van der Waals surface area (Å²) in [5.74, 6) is 0. The highest BCUT2D eigenvalue weighted by molar-refractivity contribution is 7.80. The third-order valence-electron chi connectivity index (χ3n) is 3.58. The van der Waals surface area contributed by atoms with Crippen molar-refractivity contribution >= 4 is 39.7 Å². The molecule has 0 unspecified atom stereocenters. The molecular formula is C19H16N2OS. The third kappa shape index (κ3) is 3.55. The molecule has 0 atom stereocenters. The van der Waals surface area contributed by atoms with Crippen molar-refractivity contribution in [3.05, 3.63) is 77.9 Å². The predicted octanol–water partition coefficient (Wildman–Crippen LogP) is 4.65. The zero-order valence-corrected chi connectivity index (χ0v) is 13.5. The van der Waals surface area contributed by atoms with Crippen molar-refractivity contribution in [3.8, 4) is 0 Å². The molecule has 114 valence electrons. The van der Waals surface area contributed by atoms with E-state index in [0.29, 0.717) is 4.99 Å². The van der Waals surface area contributed by atoms with Crippen LogP contribution in [0.5, 0.6) is 0 Å². The van der Waals surface area contributed by atoms with E-state index in [9.17, 15) is 4.79 Å². The minimum absolute atomic E-state index is 0.341. The number of carbonyl (C=O) groups excluding carboxylic acids is 1. The number of rotatable bonds is 2. The number of fused-ring (bicyclic) bond motifs is 1. The molecule has 0 fully saturated rings. The average Bonchev–Trinajstić information content (AvgIpc) is 2.55. The van der Waals surface area contributed by atoms with Crippen molar-refractivity contribution in [1.82, 2.24) is 5.32 Å². The van der Waals surface area contributed by atoms with E-state index in [-0.39, 0.29) is 6.03 Å². The number of hydrogen-bond donors (Lipinski definition) is 2. The highest BCUT2D eigenvalue weighted by Crippen LogP contribution is 2.22. The number of benzene rings is 3. The number of thiocarbonyl (C=S) groups is 1. The highest BCUT2D eigenvalue weighted by Gasteiger charge is 2.08. The lowest BCUT2D eigenvalue weighted by molar-refractivity contribution is 0.256. The number of hydrogen-bond acceptors (Lipinski definition) is 2. The first-order chi connectivity index (χ1) is 11.1. The van der Waals surface area contributed by atoms with Crippen LogP contribution in [0, 0.1) is 6.92 Å². The lowest BCUT2D eigenvalue weighted by Crippen LogP contribution is -2.33. The summed E-state index contributed by atoms with van der Waals surface area (Å²) in [5.41, 5.74) is 2.72. The monoisotopic (exact) mass is 320 g/mol. The second-order valence-electron chi connectivity index (χ2n) is 5.30. The summed E-state index contributed by atoms with van der Waals surface area (Å²) in [4.78, 5) is 12.6. The second kappa shape index (κ2) is 6.58. The molecule has 0 saturated heterocycles. The quantitative estimate of drug-likeness (QED) is 0.675. The molecule has 0 radical (unpaired) electrons. The van der Waals surface area contributed by atoms with E-state index in [4.69, 9.17) is 12.2 Å². The van der Waals surface area contributed by atoms with E-state index in [1.807, 2.05) is 73.7 Å². The Kier molecular flexibility index (Phi) is 4.35. The van der Waals surface area contributed by atoms with Gasteiger partial charge in [-0.25, -0.2) is 4.79 Å². The molecule has 2 N–H and O–H groups in total. The SMILES string of the molecule is Cc1ccc(C(=S)NC(=O)Nc2cccc3ccccc23)cc1. The molecule has 0 aliphatic heterocycles. The minimum atomic E-state index is -0.341. The van der Waals surface area contributed by atoms with Gasteiger partial charge < -0.3 is 5.32 Å². The fourth-order valence-corrected chi connectivity index (χ4v) is 2.60. The third-order valence-corrected chi connectivity index (χ3v) is 3.92. The topological polar surface area (TPSA) is 41.1 Å². The number of anilines is 1.